The molecule has 4 nitrogen and oxygen atoms in total. The van der Waals surface area contributed by atoms with Crippen LogP contribution in [0.3, 0.4) is 0 Å². The molecule has 1 heterocycles. The van der Waals surface area contributed by atoms with Gasteiger partial charge in [-0.25, -0.2) is 4.98 Å². The predicted octanol–water partition coefficient (Wildman–Crippen LogP) is 4.47. The third-order valence-corrected chi connectivity index (χ3v) is 5.55. The molecular formula is C18H24ClN3OS. The Bertz CT molecular complexity index is 637. The highest BCUT2D eigenvalue weighted by Gasteiger charge is 2.32. The summed E-state index contributed by atoms with van der Waals surface area (Å²) in [6, 6.07) is 7.86. The summed E-state index contributed by atoms with van der Waals surface area (Å²) < 4.78 is 0. The Morgan fingerprint density at radius 1 is 1.21 bits per heavy atom. The van der Waals surface area contributed by atoms with Crippen LogP contribution in [0.5, 0.6) is 0 Å². The first kappa shape index (κ1) is 18.9. The maximum atomic E-state index is 12.4. The van der Waals surface area contributed by atoms with Crippen LogP contribution in [-0.2, 0) is 4.79 Å². The zero-order valence-corrected chi connectivity index (χ0v) is 15.3. The molecule has 1 aromatic heterocycles. The number of halogens is 1. The zero-order chi connectivity index (χ0) is 16.1. The lowest BCUT2D eigenvalue weighted by atomic mass is 9.71. The van der Waals surface area contributed by atoms with Gasteiger partial charge in [-0.2, -0.15) is 0 Å². The molecule has 0 aliphatic heterocycles. The number of benzene rings is 1. The van der Waals surface area contributed by atoms with Crippen LogP contribution in [0, 0.1) is 5.41 Å². The fourth-order valence-corrected chi connectivity index (χ4v) is 4.01. The van der Waals surface area contributed by atoms with Gasteiger partial charge in [0.05, 0.1) is 0 Å². The van der Waals surface area contributed by atoms with Crippen LogP contribution in [0.2, 0.25) is 0 Å². The molecule has 2 aromatic rings. The molecule has 0 unspecified atom stereocenters. The van der Waals surface area contributed by atoms with Crippen LogP contribution < -0.4 is 11.1 Å². The summed E-state index contributed by atoms with van der Waals surface area (Å²) in [4.78, 5) is 16.7. The molecule has 6 heteroatoms. The van der Waals surface area contributed by atoms with Gasteiger partial charge >= 0.3 is 0 Å². The summed E-state index contributed by atoms with van der Waals surface area (Å²) >= 11 is 1.61. The molecule has 0 radical (unpaired) electrons. The average Bonchev–Trinajstić information content (AvgIpc) is 3.11. The van der Waals surface area contributed by atoms with Crippen LogP contribution in [-0.4, -0.2) is 17.4 Å². The van der Waals surface area contributed by atoms with Crippen molar-refractivity contribution in [3.05, 3.63) is 35.8 Å². The number of carbonyl (C=O) groups excluding carboxylic acids is 1. The van der Waals surface area contributed by atoms with Crippen LogP contribution in [0.1, 0.15) is 38.5 Å². The van der Waals surface area contributed by atoms with E-state index >= 15 is 0 Å². The van der Waals surface area contributed by atoms with Crippen LogP contribution in [0.4, 0.5) is 5.69 Å². The van der Waals surface area contributed by atoms with Crippen molar-refractivity contribution >= 4 is 35.3 Å². The molecule has 0 atom stereocenters. The summed E-state index contributed by atoms with van der Waals surface area (Å²) in [6.07, 6.45) is 8.10. The number of nitrogens with two attached hydrogens (primary N) is 1. The van der Waals surface area contributed by atoms with Crippen molar-refractivity contribution < 1.29 is 4.79 Å². The summed E-state index contributed by atoms with van der Waals surface area (Å²) in [7, 11) is 0. The van der Waals surface area contributed by atoms with Gasteiger partial charge in [0.2, 0.25) is 5.91 Å². The maximum Gasteiger partial charge on any atom is 0.224 e. The van der Waals surface area contributed by atoms with Gasteiger partial charge in [0, 0.05) is 29.2 Å². The fourth-order valence-electron chi connectivity index (χ4n) is 3.36. The molecule has 130 valence electrons. The Morgan fingerprint density at radius 3 is 2.50 bits per heavy atom. The third-order valence-electron chi connectivity index (χ3n) is 4.73. The standard InChI is InChI=1S/C18H23N3OS.ClH/c19-13-18(8-2-1-3-9-18)12-16(22)21-15-6-4-14(5-7-15)17-20-10-11-23-17;/h4-7,10-11H,1-3,8-9,12-13,19H2,(H,21,22);1H. The van der Waals surface area contributed by atoms with Crippen molar-refractivity contribution in [2.24, 2.45) is 11.1 Å². The lowest BCUT2D eigenvalue weighted by Crippen LogP contribution is -2.36. The largest absolute Gasteiger partial charge is 0.330 e. The van der Waals surface area contributed by atoms with Crippen molar-refractivity contribution in [1.29, 1.82) is 0 Å². The molecule has 0 spiro atoms. The van der Waals surface area contributed by atoms with Gasteiger partial charge in [-0.3, -0.25) is 4.79 Å². The SMILES string of the molecule is Cl.NCC1(CC(=O)Nc2ccc(-c3nccs3)cc2)CCCCC1. The third kappa shape index (κ3) is 4.56. The number of rotatable bonds is 5. The molecule has 1 fully saturated rings. The van der Waals surface area contributed by atoms with Gasteiger partial charge in [-0.05, 0) is 49.1 Å². The van der Waals surface area contributed by atoms with E-state index in [0.717, 1.165) is 29.1 Å². The molecule has 1 aromatic carbocycles. The monoisotopic (exact) mass is 365 g/mol. The highest BCUT2D eigenvalue weighted by atomic mass is 35.5. The minimum Gasteiger partial charge on any atom is -0.330 e. The summed E-state index contributed by atoms with van der Waals surface area (Å²) in [5, 5.41) is 5.96. The van der Waals surface area contributed by atoms with Crippen molar-refractivity contribution in [1.82, 2.24) is 4.98 Å². The van der Waals surface area contributed by atoms with Crippen molar-refractivity contribution in [3.63, 3.8) is 0 Å². The van der Waals surface area contributed by atoms with Gasteiger partial charge in [0.25, 0.3) is 0 Å². The van der Waals surface area contributed by atoms with E-state index in [1.54, 1.807) is 17.5 Å². The Kier molecular flexibility index (Phi) is 6.78. The second-order valence-corrected chi connectivity index (χ2v) is 7.30. The average molecular weight is 366 g/mol. The van der Waals surface area contributed by atoms with Gasteiger partial charge in [0.1, 0.15) is 5.01 Å². The molecule has 0 bridgehead atoms. The summed E-state index contributed by atoms with van der Waals surface area (Å²) in [5.41, 5.74) is 7.88. The Hall–Kier alpha value is -1.43. The van der Waals surface area contributed by atoms with Gasteiger partial charge in [-0.1, -0.05) is 19.3 Å². The maximum absolute atomic E-state index is 12.4. The topological polar surface area (TPSA) is 68.0 Å². The van der Waals surface area contributed by atoms with E-state index in [0.29, 0.717) is 13.0 Å². The minimum atomic E-state index is 0. The van der Waals surface area contributed by atoms with E-state index in [1.807, 2.05) is 29.6 Å². The number of thiazole rings is 1. The molecule has 0 saturated heterocycles. The first-order chi connectivity index (χ1) is 11.2. The van der Waals surface area contributed by atoms with Crippen LogP contribution >= 0.6 is 23.7 Å². The predicted molar refractivity (Wildman–Crippen MR) is 103 cm³/mol. The second-order valence-electron chi connectivity index (χ2n) is 6.40. The first-order valence-electron chi connectivity index (χ1n) is 8.21. The fraction of sp³-hybridized carbons (Fsp3) is 0.444. The van der Waals surface area contributed by atoms with E-state index in [4.69, 9.17) is 5.73 Å². The molecule has 1 aliphatic carbocycles. The number of hydrogen-bond donors (Lipinski definition) is 2. The van der Waals surface area contributed by atoms with Crippen LogP contribution in [0.15, 0.2) is 35.8 Å². The minimum absolute atomic E-state index is 0. The highest BCUT2D eigenvalue weighted by Crippen LogP contribution is 2.38. The number of carbonyl (C=O) groups is 1. The van der Waals surface area contributed by atoms with Crippen LogP contribution in [0.25, 0.3) is 10.6 Å². The summed E-state index contributed by atoms with van der Waals surface area (Å²) in [5.74, 6) is 0.0688. The molecule has 3 N–H and O–H groups in total. The Morgan fingerprint density at radius 2 is 1.92 bits per heavy atom. The highest BCUT2D eigenvalue weighted by molar-refractivity contribution is 7.13. The van der Waals surface area contributed by atoms with Gasteiger partial charge in [-0.15, -0.1) is 23.7 Å². The number of nitrogens with one attached hydrogen (secondary N) is 1. The zero-order valence-electron chi connectivity index (χ0n) is 13.7. The van der Waals surface area contributed by atoms with Gasteiger partial charge < -0.3 is 11.1 Å². The number of aromatic nitrogens is 1. The van der Waals surface area contributed by atoms with E-state index < -0.39 is 0 Å². The molecule has 3 rings (SSSR count). The summed E-state index contributed by atoms with van der Waals surface area (Å²) in [6.45, 7) is 0.601. The number of hydrogen-bond acceptors (Lipinski definition) is 4. The normalized spacial score (nSPS) is 16.2. The van der Waals surface area contributed by atoms with Crippen molar-refractivity contribution in [3.8, 4) is 10.6 Å². The smallest absolute Gasteiger partial charge is 0.224 e. The lowest BCUT2D eigenvalue weighted by molar-refractivity contribution is -0.118. The second kappa shape index (κ2) is 8.60. The number of nitrogens with zero attached hydrogens (tertiary/aromatic N) is 1. The quantitative estimate of drug-likeness (QED) is 0.821. The molecular weight excluding hydrogens is 342 g/mol. The van der Waals surface area contributed by atoms with Gasteiger partial charge in [0.15, 0.2) is 0 Å². The van der Waals surface area contributed by atoms with Crippen molar-refractivity contribution in [2.75, 3.05) is 11.9 Å². The van der Waals surface area contributed by atoms with E-state index in [-0.39, 0.29) is 23.7 Å². The van der Waals surface area contributed by atoms with E-state index in [1.165, 1.54) is 19.3 Å². The Balaban J connectivity index is 0.00000208. The number of anilines is 1. The molecule has 1 amide bonds. The number of amides is 1. The van der Waals surface area contributed by atoms with Crippen molar-refractivity contribution in [2.45, 2.75) is 38.5 Å². The lowest BCUT2D eigenvalue weighted by Gasteiger charge is -2.35. The molecule has 24 heavy (non-hydrogen) atoms. The molecule has 1 saturated carbocycles. The Labute approximate surface area is 153 Å². The molecule has 1 aliphatic rings. The first-order valence-corrected chi connectivity index (χ1v) is 9.09. The van der Waals surface area contributed by atoms with E-state index in [9.17, 15) is 4.79 Å². The van der Waals surface area contributed by atoms with E-state index in [2.05, 4.69) is 10.3 Å².